The summed E-state index contributed by atoms with van der Waals surface area (Å²) in [6.45, 7) is 2.78. The van der Waals surface area contributed by atoms with E-state index in [2.05, 4.69) is 15.1 Å². The van der Waals surface area contributed by atoms with Crippen LogP contribution in [0.15, 0.2) is 0 Å². The molecule has 0 radical (unpaired) electrons. The minimum atomic E-state index is -1.18. The van der Waals surface area contributed by atoms with Gasteiger partial charge >= 0.3 is 5.97 Å². The summed E-state index contributed by atoms with van der Waals surface area (Å²) in [6.07, 6.45) is 0. The van der Waals surface area contributed by atoms with E-state index in [0.29, 0.717) is 0 Å². The molecule has 0 aromatic carbocycles. The van der Waals surface area contributed by atoms with Crippen molar-refractivity contribution in [2.75, 3.05) is 0 Å². The van der Waals surface area contributed by atoms with Gasteiger partial charge in [0, 0.05) is 17.0 Å². The average Bonchev–Trinajstić information content (AvgIpc) is 2.46. The second kappa shape index (κ2) is 3.34. The zero-order valence-electron chi connectivity index (χ0n) is 7.05. The second-order valence-corrected chi connectivity index (χ2v) is 2.49. The number of aromatic nitrogens is 2. The maximum Gasteiger partial charge on any atom is 0.397 e. The molecule has 0 saturated heterocycles. The summed E-state index contributed by atoms with van der Waals surface area (Å²) in [5, 5.41) is 5.76. The summed E-state index contributed by atoms with van der Waals surface area (Å²) < 4.78 is 11.5. The molecule has 0 bridgehead atoms. The van der Waals surface area contributed by atoms with Crippen molar-refractivity contribution in [1.82, 2.24) is 10.2 Å². The summed E-state index contributed by atoms with van der Waals surface area (Å²) in [5.41, 5.74) is 0.253. The fourth-order valence-corrected chi connectivity index (χ4v) is 0.978. The molecule has 0 aliphatic rings. The third kappa shape index (κ3) is 1.56. The van der Waals surface area contributed by atoms with E-state index in [1.807, 2.05) is 0 Å². The van der Waals surface area contributed by atoms with E-state index in [1.165, 1.54) is 13.8 Å². The van der Waals surface area contributed by atoms with Gasteiger partial charge in [0.2, 0.25) is 0 Å². The third-order valence-corrected chi connectivity index (χ3v) is 1.62. The maximum atomic E-state index is 11.5. The van der Waals surface area contributed by atoms with Gasteiger partial charge in [-0.05, 0) is 6.92 Å². The highest BCUT2D eigenvalue weighted by atomic mass is 19.3. The van der Waals surface area contributed by atoms with Crippen LogP contribution in [0.4, 0.5) is 4.53 Å². The molecule has 0 amide bonds. The van der Waals surface area contributed by atoms with Gasteiger partial charge in [-0.2, -0.15) is 5.10 Å². The Bertz CT molecular complexity index is 359. The van der Waals surface area contributed by atoms with E-state index in [4.69, 9.17) is 0 Å². The van der Waals surface area contributed by atoms with Crippen molar-refractivity contribution in [2.45, 2.75) is 13.8 Å². The molecule has 1 aromatic rings. The average molecular weight is 186 g/mol. The Hall–Kier alpha value is -1.72. The minimum Gasteiger partial charge on any atom is -0.293 e. The number of H-pyrrole nitrogens is 1. The monoisotopic (exact) mass is 186 g/mol. The zero-order valence-corrected chi connectivity index (χ0v) is 7.05. The molecule has 6 heteroatoms. The van der Waals surface area contributed by atoms with Gasteiger partial charge in [-0.25, -0.2) is 9.74 Å². The standard InChI is InChI=1S/C7H7FN2O3/c1-3-5(4(2)11)9-10-6(3)7(12)13-8/h1-2H3,(H,9,10). The van der Waals surface area contributed by atoms with Gasteiger partial charge in [-0.1, -0.05) is 0 Å². The molecule has 1 aromatic heterocycles. The van der Waals surface area contributed by atoms with Crippen LogP contribution in [-0.2, 0) is 4.94 Å². The number of nitrogens with one attached hydrogen (secondary N) is 1. The van der Waals surface area contributed by atoms with Gasteiger partial charge in [0.05, 0.1) is 0 Å². The van der Waals surface area contributed by atoms with Gasteiger partial charge in [-0.3, -0.25) is 9.89 Å². The van der Waals surface area contributed by atoms with Crippen molar-refractivity contribution in [1.29, 1.82) is 0 Å². The molecule has 0 saturated carbocycles. The van der Waals surface area contributed by atoms with Crippen LogP contribution in [0.2, 0.25) is 0 Å². The number of Topliss-reactive ketones (excluding diaryl/α,β-unsaturated/α-hetero) is 1. The number of hydrogen-bond donors (Lipinski definition) is 1. The van der Waals surface area contributed by atoms with Crippen LogP contribution in [0.25, 0.3) is 0 Å². The Morgan fingerprint density at radius 3 is 2.54 bits per heavy atom. The topological polar surface area (TPSA) is 72.0 Å². The van der Waals surface area contributed by atoms with Gasteiger partial charge in [0.15, 0.2) is 11.5 Å². The summed E-state index contributed by atoms with van der Waals surface area (Å²) in [6, 6.07) is 0. The van der Waals surface area contributed by atoms with E-state index in [1.54, 1.807) is 0 Å². The number of ketones is 1. The zero-order chi connectivity index (χ0) is 10.0. The SMILES string of the molecule is CC(=O)c1n[nH]c(C(=O)OF)c1C. The lowest BCUT2D eigenvalue weighted by Crippen LogP contribution is -2.02. The Balaban J connectivity index is 3.13. The minimum absolute atomic E-state index is 0.111. The highest BCUT2D eigenvalue weighted by molar-refractivity contribution is 5.97. The van der Waals surface area contributed by atoms with E-state index in [-0.39, 0.29) is 22.7 Å². The number of rotatable bonds is 2. The lowest BCUT2D eigenvalue weighted by atomic mass is 10.1. The van der Waals surface area contributed by atoms with E-state index in [0.717, 1.165) is 0 Å². The van der Waals surface area contributed by atoms with Crippen LogP contribution in [0.5, 0.6) is 0 Å². The van der Waals surface area contributed by atoms with Crippen LogP contribution in [-0.4, -0.2) is 21.9 Å². The largest absolute Gasteiger partial charge is 0.397 e. The fraction of sp³-hybridized carbons (Fsp3) is 0.286. The van der Waals surface area contributed by atoms with Crippen LogP contribution >= 0.6 is 0 Å². The van der Waals surface area contributed by atoms with E-state index >= 15 is 0 Å². The lowest BCUT2D eigenvalue weighted by molar-refractivity contribution is -0.0793. The highest BCUT2D eigenvalue weighted by Gasteiger charge is 2.19. The van der Waals surface area contributed by atoms with Crippen molar-refractivity contribution < 1.29 is 19.1 Å². The summed E-state index contributed by atoms with van der Waals surface area (Å²) >= 11 is 0. The fourth-order valence-electron chi connectivity index (χ4n) is 0.978. The molecule has 0 spiro atoms. The summed E-state index contributed by atoms with van der Waals surface area (Å²) in [4.78, 5) is 24.5. The van der Waals surface area contributed by atoms with Crippen LogP contribution < -0.4 is 0 Å². The first-order valence-corrected chi connectivity index (χ1v) is 3.46. The summed E-state index contributed by atoms with van der Waals surface area (Å²) in [5.74, 6) is -1.48. The normalized spacial score (nSPS) is 9.77. The van der Waals surface area contributed by atoms with Gasteiger partial charge in [0.1, 0.15) is 5.69 Å². The first kappa shape index (κ1) is 9.37. The van der Waals surface area contributed by atoms with Crippen LogP contribution in [0, 0.1) is 6.92 Å². The number of halogens is 1. The lowest BCUT2D eigenvalue weighted by Gasteiger charge is -1.91. The van der Waals surface area contributed by atoms with Gasteiger partial charge < -0.3 is 0 Å². The smallest absolute Gasteiger partial charge is 0.293 e. The second-order valence-electron chi connectivity index (χ2n) is 2.49. The van der Waals surface area contributed by atoms with E-state index in [9.17, 15) is 14.1 Å². The molecule has 0 unspecified atom stereocenters. The van der Waals surface area contributed by atoms with Crippen LogP contribution in [0.3, 0.4) is 0 Å². The molecule has 1 heterocycles. The third-order valence-electron chi connectivity index (χ3n) is 1.62. The molecule has 0 aliphatic heterocycles. The Labute approximate surface area is 72.8 Å². The molecule has 5 nitrogen and oxygen atoms in total. The van der Waals surface area contributed by atoms with Crippen LogP contribution in [0.1, 0.15) is 33.5 Å². The van der Waals surface area contributed by atoms with Crippen molar-refractivity contribution >= 4 is 11.8 Å². The molecule has 1 rings (SSSR count). The number of aromatic amines is 1. The molecule has 0 aliphatic carbocycles. The Morgan fingerprint density at radius 1 is 1.54 bits per heavy atom. The molecular weight excluding hydrogens is 179 g/mol. The Kier molecular flexibility index (Phi) is 2.41. The number of carbonyl (C=O) groups is 2. The molecule has 0 fully saturated rings. The molecule has 1 N–H and O–H groups in total. The first-order valence-electron chi connectivity index (χ1n) is 3.46. The molecule has 13 heavy (non-hydrogen) atoms. The number of hydrogen-bond acceptors (Lipinski definition) is 4. The predicted molar refractivity (Wildman–Crippen MR) is 39.9 cm³/mol. The van der Waals surface area contributed by atoms with Gasteiger partial charge in [-0.15, -0.1) is 0 Å². The number of carbonyl (C=O) groups excluding carboxylic acids is 2. The van der Waals surface area contributed by atoms with Gasteiger partial charge in [0.25, 0.3) is 0 Å². The Morgan fingerprint density at radius 2 is 2.15 bits per heavy atom. The molecule has 70 valence electrons. The van der Waals surface area contributed by atoms with Crippen molar-refractivity contribution in [3.05, 3.63) is 17.0 Å². The first-order chi connectivity index (χ1) is 6.07. The number of nitrogens with zero attached hydrogens (tertiary/aromatic N) is 1. The van der Waals surface area contributed by atoms with E-state index < -0.39 is 5.97 Å². The molecular formula is C7H7FN2O3. The highest BCUT2D eigenvalue weighted by Crippen LogP contribution is 2.11. The van der Waals surface area contributed by atoms with Crippen molar-refractivity contribution in [3.63, 3.8) is 0 Å². The predicted octanol–water partition coefficient (Wildman–Crippen LogP) is 0.962. The quantitative estimate of drug-likeness (QED) is 0.698. The van der Waals surface area contributed by atoms with Crippen molar-refractivity contribution in [3.8, 4) is 0 Å². The summed E-state index contributed by atoms with van der Waals surface area (Å²) in [7, 11) is 0. The molecule has 0 atom stereocenters. The van der Waals surface area contributed by atoms with Crippen molar-refractivity contribution in [2.24, 2.45) is 0 Å². The maximum absolute atomic E-state index is 11.5.